The van der Waals surface area contributed by atoms with Gasteiger partial charge in [0.2, 0.25) is 0 Å². The second-order valence-corrected chi connectivity index (χ2v) is 5.68. The van der Waals surface area contributed by atoms with Crippen molar-refractivity contribution >= 4 is 5.91 Å². The summed E-state index contributed by atoms with van der Waals surface area (Å²) in [5, 5.41) is 6.19. The van der Waals surface area contributed by atoms with Crippen LogP contribution in [0.15, 0.2) is 48.5 Å². The van der Waals surface area contributed by atoms with Gasteiger partial charge in [0.25, 0.3) is 5.91 Å². The third kappa shape index (κ3) is 2.89. The van der Waals surface area contributed by atoms with Gasteiger partial charge < -0.3 is 16.4 Å². The van der Waals surface area contributed by atoms with E-state index in [4.69, 9.17) is 5.73 Å². The molecule has 1 aliphatic rings. The highest BCUT2D eigenvalue weighted by molar-refractivity contribution is 5.93. The summed E-state index contributed by atoms with van der Waals surface area (Å²) >= 11 is 0. The molecule has 2 aromatic rings. The molecule has 0 spiro atoms. The van der Waals surface area contributed by atoms with Crippen LogP contribution in [-0.4, -0.2) is 13.0 Å². The molecule has 0 aromatic heterocycles. The normalized spacial score (nSPS) is 19.7. The molecule has 4 N–H and O–H groups in total. The molecule has 4 heteroatoms. The Balaban J connectivity index is 1.65. The first-order valence-electron chi connectivity index (χ1n) is 7.58. The maximum absolute atomic E-state index is 11.5. The molecular formula is C18H21N3O. The molecule has 1 aliphatic carbocycles. The Labute approximate surface area is 130 Å². The second-order valence-electron chi connectivity index (χ2n) is 5.68. The van der Waals surface area contributed by atoms with Crippen molar-refractivity contribution in [1.82, 2.24) is 10.6 Å². The lowest BCUT2D eigenvalue weighted by Gasteiger charge is -2.14. The summed E-state index contributed by atoms with van der Waals surface area (Å²) in [4.78, 5) is 11.5. The predicted molar refractivity (Wildman–Crippen MR) is 87.4 cm³/mol. The molecule has 0 heterocycles. The first-order chi connectivity index (χ1) is 10.7. The minimum atomic E-state index is -0.0600. The summed E-state index contributed by atoms with van der Waals surface area (Å²) in [5.74, 6) is -0.0600. The molecule has 2 aromatic carbocycles. The third-order valence-electron chi connectivity index (χ3n) is 4.26. The maximum Gasteiger partial charge on any atom is 0.251 e. The van der Waals surface area contributed by atoms with Crippen LogP contribution in [0.2, 0.25) is 0 Å². The first kappa shape index (κ1) is 14.8. The molecular weight excluding hydrogens is 274 g/mol. The Hall–Kier alpha value is -2.17. The quantitative estimate of drug-likeness (QED) is 0.810. The Morgan fingerprint density at radius 3 is 2.50 bits per heavy atom. The summed E-state index contributed by atoms with van der Waals surface area (Å²) in [5.41, 5.74) is 10.6. The smallest absolute Gasteiger partial charge is 0.251 e. The van der Waals surface area contributed by atoms with E-state index in [0.717, 1.165) is 18.5 Å². The molecule has 3 rings (SSSR count). The van der Waals surface area contributed by atoms with Crippen molar-refractivity contribution in [3.63, 3.8) is 0 Å². The summed E-state index contributed by atoms with van der Waals surface area (Å²) in [6.45, 7) is 0.764. The Kier molecular flexibility index (Phi) is 4.22. The third-order valence-corrected chi connectivity index (χ3v) is 4.26. The van der Waals surface area contributed by atoms with Crippen LogP contribution in [0.1, 0.15) is 45.6 Å². The molecule has 0 bridgehead atoms. The number of nitrogens with two attached hydrogens (primary N) is 1. The lowest BCUT2D eigenvalue weighted by molar-refractivity contribution is 0.0963. The molecule has 2 unspecified atom stereocenters. The number of benzene rings is 2. The van der Waals surface area contributed by atoms with E-state index in [1.165, 1.54) is 11.1 Å². The van der Waals surface area contributed by atoms with E-state index in [-0.39, 0.29) is 11.9 Å². The van der Waals surface area contributed by atoms with E-state index in [2.05, 4.69) is 28.8 Å². The van der Waals surface area contributed by atoms with Gasteiger partial charge >= 0.3 is 0 Å². The highest BCUT2D eigenvalue weighted by Gasteiger charge is 2.27. The van der Waals surface area contributed by atoms with Gasteiger partial charge in [-0.25, -0.2) is 0 Å². The molecule has 0 saturated carbocycles. The Morgan fingerprint density at radius 1 is 1.14 bits per heavy atom. The monoisotopic (exact) mass is 295 g/mol. The number of hydrogen-bond acceptors (Lipinski definition) is 3. The van der Waals surface area contributed by atoms with E-state index in [1.807, 2.05) is 30.3 Å². The van der Waals surface area contributed by atoms with Crippen molar-refractivity contribution in [2.75, 3.05) is 7.05 Å². The number of rotatable bonds is 4. The van der Waals surface area contributed by atoms with Gasteiger partial charge in [-0.2, -0.15) is 0 Å². The minimum absolute atomic E-state index is 0.0600. The zero-order valence-electron chi connectivity index (χ0n) is 12.7. The van der Waals surface area contributed by atoms with Gasteiger partial charge in [-0.3, -0.25) is 4.79 Å². The van der Waals surface area contributed by atoms with Crippen molar-refractivity contribution in [2.45, 2.75) is 25.0 Å². The first-order valence-corrected chi connectivity index (χ1v) is 7.58. The van der Waals surface area contributed by atoms with Gasteiger partial charge in [0.1, 0.15) is 0 Å². The number of amides is 1. The standard InChI is InChI=1S/C18H21N3O/c1-20-18(22)13-8-6-12(7-9-13)11-21-17-10-16(19)14-4-2-3-5-15(14)17/h2-9,16-17,21H,10-11,19H2,1H3,(H,20,22). The highest BCUT2D eigenvalue weighted by atomic mass is 16.1. The molecule has 1 amide bonds. The van der Waals surface area contributed by atoms with Crippen molar-refractivity contribution in [3.8, 4) is 0 Å². The van der Waals surface area contributed by atoms with Crippen LogP contribution in [0.3, 0.4) is 0 Å². The van der Waals surface area contributed by atoms with Crippen LogP contribution < -0.4 is 16.4 Å². The number of nitrogens with one attached hydrogen (secondary N) is 2. The van der Waals surface area contributed by atoms with Gasteiger partial charge in [0.05, 0.1) is 0 Å². The summed E-state index contributed by atoms with van der Waals surface area (Å²) in [7, 11) is 1.64. The molecule has 2 atom stereocenters. The summed E-state index contributed by atoms with van der Waals surface area (Å²) < 4.78 is 0. The molecule has 0 radical (unpaired) electrons. The number of carbonyl (C=O) groups is 1. The van der Waals surface area contributed by atoms with Gasteiger partial charge in [-0.15, -0.1) is 0 Å². The topological polar surface area (TPSA) is 67.2 Å². The number of hydrogen-bond donors (Lipinski definition) is 3. The van der Waals surface area contributed by atoms with Gasteiger partial charge in [-0.05, 0) is 35.2 Å². The SMILES string of the molecule is CNC(=O)c1ccc(CNC2CC(N)c3ccccc32)cc1. The highest BCUT2D eigenvalue weighted by Crippen LogP contribution is 2.36. The molecule has 0 saturated heterocycles. The maximum atomic E-state index is 11.5. The van der Waals surface area contributed by atoms with Crippen LogP contribution in [0, 0.1) is 0 Å². The van der Waals surface area contributed by atoms with E-state index in [0.29, 0.717) is 11.6 Å². The lowest BCUT2D eigenvalue weighted by atomic mass is 10.1. The van der Waals surface area contributed by atoms with E-state index < -0.39 is 0 Å². The van der Waals surface area contributed by atoms with Crippen molar-refractivity contribution < 1.29 is 4.79 Å². The fourth-order valence-corrected chi connectivity index (χ4v) is 3.03. The number of carbonyl (C=O) groups excluding carboxylic acids is 1. The van der Waals surface area contributed by atoms with Crippen LogP contribution in [-0.2, 0) is 6.54 Å². The fourth-order valence-electron chi connectivity index (χ4n) is 3.03. The van der Waals surface area contributed by atoms with Crippen molar-refractivity contribution in [3.05, 3.63) is 70.8 Å². The van der Waals surface area contributed by atoms with Gasteiger partial charge in [0, 0.05) is 31.2 Å². The predicted octanol–water partition coefficient (Wildman–Crippen LogP) is 2.28. The van der Waals surface area contributed by atoms with Crippen LogP contribution in [0.25, 0.3) is 0 Å². The van der Waals surface area contributed by atoms with Crippen LogP contribution >= 0.6 is 0 Å². The Morgan fingerprint density at radius 2 is 1.82 bits per heavy atom. The fraction of sp³-hybridized carbons (Fsp3) is 0.278. The average Bonchev–Trinajstić information content (AvgIpc) is 2.89. The minimum Gasteiger partial charge on any atom is -0.355 e. The van der Waals surface area contributed by atoms with E-state index in [1.54, 1.807) is 7.05 Å². The zero-order valence-corrected chi connectivity index (χ0v) is 12.7. The lowest BCUT2D eigenvalue weighted by Crippen LogP contribution is -2.20. The largest absolute Gasteiger partial charge is 0.355 e. The Bertz CT molecular complexity index is 666. The second kappa shape index (κ2) is 6.30. The number of fused-ring (bicyclic) bond motifs is 1. The molecule has 114 valence electrons. The van der Waals surface area contributed by atoms with Crippen LogP contribution in [0.5, 0.6) is 0 Å². The van der Waals surface area contributed by atoms with Gasteiger partial charge in [-0.1, -0.05) is 36.4 Å². The molecule has 22 heavy (non-hydrogen) atoms. The van der Waals surface area contributed by atoms with Crippen molar-refractivity contribution in [1.29, 1.82) is 0 Å². The summed E-state index contributed by atoms with van der Waals surface area (Å²) in [6.07, 6.45) is 0.926. The van der Waals surface area contributed by atoms with Crippen LogP contribution in [0.4, 0.5) is 0 Å². The van der Waals surface area contributed by atoms with Crippen molar-refractivity contribution in [2.24, 2.45) is 5.73 Å². The molecule has 0 fully saturated rings. The zero-order chi connectivity index (χ0) is 15.5. The average molecular weight is 295 g/mol. The van der Waals surface area contributed by atoms with E-state index >= 15 is 0 Å². The van der Waals surface area contributed by atoms with E-state index in [9.17, 15) is 4.79 Å². The molecule has 0 aliphatic heterocycles. The van der Waals surface area contributed by atoms with Gasteiger partial charge in [0.15, 0.2) is 0 Å². The molecule has 4 nitrogen and oxygen atoms in total. The summed E-state index contributed by atoms with van der Waals surface area (Å²) in [6, 6.07) is 16.4.